The Balaban J connectivity index is 1.95. The highest BCUT2D eigenvalue weighted by Crippen LogP contribution is 2.44. The first-order chi connectivity index (χ1) is 11.1. The van der Waals surface area contributed by atoms with Crippen LogP contribution < -0.4 is 15.4 Å². The van der Waals surface area contributed by atoms with Crippen LogP contribution in [0.15, 0.2) is 40.9 Å². The van der Waals surface area contributed by atoms with Crippen LogP contribution in [0.25, 0.3) is 0 Å². The molecule has 6 heteroatoms. The predicted molar refractivity (Wildman–Crippen MR) is 97.4 cm³/mol. The van der Waals surface area contributed by atoms with Crippen LogP contribution >= 0.6 is 11.8 Å². The van der Waals surface area contributed by atoms with Crippen LogP contribution in [0.2, 0.25) is 0 Å². The van der Waals surface area contributed by atoms with Crippen LogP contribution in [-0.2, 0) is 0 Å². The summed E-state index contributed by atoms with van der Waals surface area (Å²) >= 11 is 1.49. The highest BCUT2D eigenvalue weighted by Gasteiger charge is 2.34. The van der Waals surface area contributed by atoms with Gasteiger partial charge in [0.2, 0.25) is 0 Å². The molecule has 1 unspecified atom stereocenters. The van der Waals surface area contributed by atoms with Gasteiger partial charge in [-0.05, 0) is 31.4 Å². The fraction of sp³-hybridized carbons (Fsp3) is 0.412. The molecular weight excluding hydrogens is 308 g/mol. The molecule has 2 aliphatic heterocycles. The maximum atomic E-state index is 6.02. The van der Waals surface area contributed by atoms with Crippen LogP contribution in [0, 0.1) is 0 Å². The molecule has 0 saturated carbocycles. The van der Waals surface area contributed by atoms with E-state index in [9.17, 15) is 0 Å². The second-order valence-electron chi connectivity index (χ2n) is 5.67. The standard InChI is InChI=1S/C17H22N4OS/c1-4-11(3)19-15(5-2)23-13-9-14(18)20-17-16(13)22-10-12-7-6-8-21(12)17/h5,9,12H,2-4,6-8,10H2,1H3,(H2,18,20). The first-order valence-corrected chi connectivity index (χ1v) is 8.70. The van der Waals surface area contributed by atoms with Gasteiger partial charge in [-0.25, -0.2) is 9.98 Å². The van der Waals surface area contributed by atoms with E-state index in [1.165, 1.54) is 18.2 Å². The average molecular weight is 330 g/mol. The maximum Gasteiger partial charge on any atom is 0.176 e. The van der Waals surface area contributed by atoms with E-state index in [-0.39, 0.29) is 0 Å². The molecule has 1 fully saturated rings. The Labute approximate surface area is 141 Å². The number of allylic oxidation sites excluding steroid dienone is 1. The quantitative estimate of drug-likeness (QED) is 0.519. The zero-order valence-electron chi connectivity index (χ0n) is 13.4. The van der Waals surface area contributed by atoms with Gasteiger partial charge in [-0.15, -0.1) is 0 Å². The third-order valence-corrected chi connectivity index (χ3v) is 5.07. The number of anilines is 2. The number of aromatic nitrogens is 1. The van der Waals surface area contributed by atoms with Crippen LogP contribution in [0.5, 0.6) is 5.75 Å². The zero-order valence-corrected chi connectivity index (χ0v) is 14.2. The molecule has 3 heterocycles. The van der Waals surface area contributed by atoms with Crippen molar-refractivity contribution >= 4 is 28.4 Å². The summed E-state index contributed by atoms with van der Waals surface area (Å²) in [5, 5.41) is 0.789. The topological polar surface area (TPSA) is 63.7 Å². The molecule has 1 atom stereocenters. The largest absolute Gasteiger partial charge is 0.486 e. The number of nitrogen functional groups attached to an aromatic ring is 1. The molecular formula is C17H22N4OS. The van der Waals surface area contributed by atoms with Crippen molar-refractivity contribution in [3.8, 4) is 5.75 Å². The molecule has 1 aromatic rings. The van der Waals surface area contributed by atoms with Crippen molar-refractivity contribution in [2.75, 3.05) is 23.8 Å². The number of hydrogen-bond donors (Lipinski definition) is 1. The van der Waals surface area contributed by atoms with Crippen molar-refractivity contribution in [1.82, 2.24) is 4.98 Å². The number of nitrogens with zero attached hydrogens (tertiary/aromatic N) is 3. The summed E-state index contributed by atoms with van der Waals surface area (Å²) < 4.78 is 6.01. The van der Waals surface area contributed by atoms with Gasteiger partial charge in [0.1, 0.15) is 17.5 Å². The number of pyridine rings is 1. The van der Waals surface area contributed by atoms with Crippen molar-refractivity contribution in [2.24, 2.45) is 4.99 Å². The lowest BCUT2D eigenvalue weighted by Gasteiger charge is -2.33. The first-order valence-electron chi connectivity index (χ1n) is 7.89. The molecule has 1 saturated heterocycles. The number of nitrogens with two attached hydrogens (primary N) is 1. The van der Waals surface area contributed by atoms with Gasteiger partial charge in [0.15, 0.2) is 11.6 Å². The number of rotatable bonds is 4. The summed E-state index contributed by atoms with van der Waals surface area (Å²) in [6.45, 7) is 11.5. The van der Waals surface area contributed by atoms with Crippen LogP contribution in [0.1, 0.15) is 26.2 Å². The molecule has 0 aromatic carbocycles. The first kappa shape index (κ1) is 15.9. The average Bonchev–Trinajstić information content (AvgIpc) is 3.02. The fourth-order valence-electron chi connectivity index (χ4n) is 2.85. The summed E-state index contributed by atoms with van der Waals surface area (Å²) in [6.07, 6.45) is 4.85. The predicted octanol–water partition coefficient (Wildman–Crippen LogP) is 3.63. The van der Waals surface area contributed by atoms with Gasteiger partial charge in [0.05, 0.1) is 10.9 Å². The van der Waals surface area contributed by atoms with E-state index >= 15 is 0 Å². The van der Waals surface area contributed by atoms with Crippen molar-refractivity contribution < 1.29 is 4.74 Å². The van der Waals surface area contributed by atoms with Crippen molar-refractivity contribution in [3.63, 3.8) is 0 Å². The third kappa shape index (κ3) is 3.22. The lowest BCUT2D eigenvalue weighted by Crippen LogP contribution is -2.39. The van der Waals surface area contributed by atoms with E-state index in [0.717, 1.165) is 46.6 Å². The van der Waals surface area contributed by atoms with Crippen molar-refractivity contribution in [3.05, 3.63) is 31.0 Å². The smallest absolute Gasteiger partial charge is 0.176 e. The van der Waals surface area contributed by atoms with Crippen LogP contribution in [-0.4, -0.2) is 29.2 Å². The van der Waals surface area contributed by atoms with Gasteiger partial charge in [0, 0.05) is 12.2 Å². The molecule has 0 aliphatic carbocycles. The van der Waals surface area contributed by atoms with E-state index < -0.39 is 0 Å². The Morgan fingerprint density at radius 3 is 3.22 bits per heavy atom. The minimum atomic E-state index is 0.419. The number of aliphatic imine (C=N–C) groups is 1. The van der Waals surface area contributed by atoms with Gasteiger partial charge in [-0.1, -0.05) is 31.8 Å². The van der Waals surface area contributed by atoms with Gasteiger partial charge in [-0.3, -0.25) is 0 Å². The molecule has 23 heavy (non-hydrogen) atoms. The molecule has 0 bridgehead atoms. The number of hydrogen-bond acceptors (Lipinski definition) is 6. The molecule has 0 amide bonds. The van der Waals surface area contributed by atoms with E-state index in [1.807, 2.05) is 13.0 Å². The number of fused-ring (bicyclic) bond motifs is 3. The van der Waals surface area contributed by atoms with E-state index in [1.54, 1.807) is 6.08 Å². The Morgan fingerprint density at radius 1 is 1.65 bits per heavy atom. The second kappa shape index (κ2) is 6.66. The minimum absolute atomic E-state index is 0.419. The lowest BCUT2D eigenvalue weighted by molar-refractivity contribution is 0.263. The molecule has 0 radical (unpaired) electrons. The van der Waals surface area contributed by atoms with Crippen LogP contribution in [0.4, 0.5) is 11.6 Å². The van der Waals surface area contributed by atoms with Gasteiger partial charge in [-0.2, -0.15) is 0 Å². The normalized spacial score (nSPS) is 19.8. The SMILES string of the molecule is C=CC(=NC(=C)CC)Sc1cc(N)nc2c1OCC1CCCN21. The Kier molecular flexibility index (Phi) is 4.61. The van der Waals surface area contributed by atoms with Crippen molar-refractivity contribution in [1.29, 1.82) is 0 Å². The highest BCUT2D eigenvalue weighted by atomic mass is 32.2. The molecule has 1 aromatic heterocycles. The summed E-state index contributed by atoms with van der Waals surface area (Å²) in [6, 6.07) is 2.26. The van der Waals surface area contributed by atoms with E-state index in [2.05, 4.69) is 28.0 Å². The molecule has 0 spiro atoms. The fourth-order valence-corrected chi connectivity index (χ4v) is 3.75. The second-order valence-corrected chi connectivity index (χ2v) is 6.74. The van der Waals surface area contributed by atoms with Gasteiger partial charge in [0.25, 0.3) is 0 Å². The van der Waals surface area contributed by atoms with Crippen molar-refractivity contribution in [2.45, 2.75) is 37.1 Å². The van der Waals surface area contributed by atoms with E-state index in [0.29, 0.717) is 18.5 Å². The summed E-state index contributed by atoms with van der Waals surface area (Å²) in [5.74, 6) is 2.16. The Morgan fingerprint density at radius 2 is 2.48 bits per heavy atom. The van der Waals surface area contributed by atoms with Gasteiger partial charge < -0.3 is 15.4 Å². The molecule has 2 aliphatic rings. The summed E-state index contributed by atoms with van der Waals surface area (Å²) in [7, 11) is 0. The Bertz CT molecular complexity index is 671. The summed E-state index contributed by atoms with van der Waals surface area (Å²) in [5.41, 5.74) is 6.84. The number of ether oxygens (including phenoxy) is 1. The Hall–Kier alpha value is -1.95. The van der Waals surface area contributed by atoms with Gasteiger partial charge >= 0.3 is 0 Å². The monoisotopic (exact) mass is 330 g/mol. The van der Waals surface area contributed by atoms with Crippen LogP contribution in [0.3, 0.4) is 0 Å². The molecule has 122 valence electrons. The van der Waals surface area contributed by atoms with E-state index in [4.69, 9.17) is 10.5 Å². The highest BCUT2D eigenvalue weighted by molar-refractivity contribution is 8.14. The molecule has 2 N–H and O–H groups in total. The molecule has 3 rings (SSSR count). The third-order valence-electron chi connectivity index (χ3n) is 4.08. The maximum absolute atomic E-state index is 6.02. The minimum Gasteiger partial charge on any atom is -0.486 e. The molecule has 5 nitrogen and oxygen atoms in total. The zero-order chi connectivity index (χ0) is 16.4. The number of thioether (sulfide) groups is 1. The summed E-state index contributed by atoms with van der Waals surface area (Å²) in [4.78, 5) is 12.2. The lowest BCUT2D eigenvalue weighted by atomic mass is 10.2.